The van der Waals surface area contributed by atoms with Gasteiger partial charge >= 0.3 is 5.97 Å². The van der Waals surface area contributed by atoms with Crippen LogP contribution in [0.2, 0.25) is 0 Å². The Bertz CT molecular complexity index is 1250. The van der Waals surface area contributed by atoms with E-state index in [0.29, 0.717) is 30.5 Å². The Morgan fingerprint density at radius 2 is 1.58 bits per heavy atom. The van der Waals surface area contributed by atoms with Gasteiger partial charge in [0.2, 0.25) is 16.9 Å². The van der Waals surface area contributed by atoms with Crippen molar-refractivity contribution in [2.45, 2.75) is 30.6 Å². The predicted molar refractivity (Wildman–Crippen MR) is 139 cm³/mol. The molecule has 0 saturated carbocycles. The van der Waals surface area contributed by atoms with E-state index in [4.69, 9.17) is 0 Å². The molecule has 1 aliphatic heterocycles. The number of anilines is 1. The molecule has 0 aromatic heterocycles. The van der Waals surface area contributed by atoms with E-state index in [9.17, 15) is 24.3 Å². The van der Waals surface area contributed by atoms with Gasteiger partial charge in [-0.05, 0) is 36.5 Å². The minimum atomic E-state index is -1.14. The smallest absolute Gasteiger partial charge is 0.323 e. The molecule has 3 aromatic rings. The van der Waals surface area contributed by atoms with Crippen LogP contribution >= 0.6 is 11.8 Å². The van der Waals surface area contributed by atoms with Crippen LogP contribution in [0.5, 0.6) is 0 Å². The molecule has 3 aromatic carbocycles. The fraction of sp³-hybridized carbons (Fsp3) is 0.214. The Morgan fingerprint density at radius 1 is 0.944 bits per heavy atom. The number of carbonyl (C=O) groups excluding carboxylic acids is 3. The van der Waals surface area contributed by atoms with Gasteiger partial charge in [-0.25, -0.2) is 0 Å². The molecule has 36 heavy (non-hydrogen) atoms. The number of benzene rings is 3. The number of hydrogen-bond acceptors (Lipinski definition) is 5. The Kier molecular flexibility index (Phi) is 8.17. The highest BCUT2D eigenvalue weighted by atomic mass is 32.2. The molecular weight excluding hydrogens is 476 g/mol. The predicted octanol–water partition coefficient (Wildman–Crippen LogP) is 3.72. The molecule has 0 spiro atoms. The minimum Gasteiger partial charge on any atom is -0.480 e. The topological polar surface area (TPSA) is 104 Å². The normalized spacial score (nSPS) is 15.9. The zero-order valence-corrected chi connectivity index (χ0v) is 20.3. The molecule has 4 rings (SSSR count). The van der Waals surface area contributed by atoms with Crippen LogP contribution in [-0.2, 0) is 27.2 Å². The van der Waals surface area contributed by atoms with Crippen molar-refractivity contribution in [3.63, 3.8) is 0 Å². The summed E-state index contributed by atoms with van der Waals surface area (Å²) < 4.78 is 0. The van der Waals surface area contributed by atoms with Gasteiger partial charge in [-0.2, -0.15) is 0 Å². The van der Waals surface area contributed by atoms with Crippen molar-refractivity contribution < 1.29 is 24.3 Å². The molecular formula is C28H26N2O5S. The van der Waals surface area contributed by atoms with Crippen molar-refractivity contribution in [3.8, 4) is 0 Å². The molecule has 2 N–H and O–H groups in total. The average Bonchev–Trinajstić information content (AvgIpc) is 3.01. The number of aryl methyl sites for hydroxylation is 1. The number of thioether (sulfide) groups is 1. The highest BCUT2D eigenvalue weighted by molar-refractivity contribution is 8.15. The SMILES string of the molecule is O=C(O)CN1C(=O)C(NC(=O)[C@H](Cc2ccccc2)SC(=O)c2ccccc2)CCc2ccccc21. The molecule has 2 amide bonds. The largest absolute Gasteiger partial charge is 0.480 e. The van der Waals surface area contributed by atoms with E-state index in [1.165, 1.54) is 4.90 Å². The maximum Gasteiger partial charge on any atom is 0.323 e. The Hall–Kier alpha value is -3.91. The van der Waals surface area contributed by atoms with Gasteiger partial charge < -0.3 is 10.4 Å². The fourth-order valence-corrected chi connectivity index (χ4v) is 5.18. The van der Waals surface area contributed by atoms with Gasteiger partial charge in [0.05, 0.1) is 5.25 Å². The first kappa shape index (κ1) is 25.2. The lowest BCUT2D eigenvalue weighted by atomic mass is 10.1. The number of hydrogen-bond donors (Lipinski definition) is 2. The quantitative estimate of drug-likeness (QED) is 0.487. The third kappa shape index (κ3) is 6.20. The highest BCUT2D eigenvalue weighted by Gasteiger charge is 2.34. The first-order chi connectivity index (χ1) is 17.4. The number of aliphatic carboxylic acids is 1. The number of amides is 2. The van der Waals surface area contributed by atoms with Gasteiger partial charge in [-0.15, -0.1) is 0 Å². The summed E-state index contributed by atoms with van der Waals surface area (Å²) in [6.45, 7) is -0.503. The van der Waals surface area contributed by atoms with E-state index in [2.05, 4.69) is 5.32 Å². The maximum absolute atomic E-state index is 13.5. The van der Waals surface area contributed by atoms with Gasteiger partial charge in [0.25, 0.3) is 0 Å². The van der Waals surface area contributed by atoms with Crippen LogP contribution in [-0.4, -0.2) is 45.8 Å². The number of carboxylic acids is 1. The third-order valence-electron chi connectivity index (χ3n) is 5.97. The Balaban J connectivity index is 1.56. The fourth-order valence-electron chi connectivity index (χ4n) is 4.20. The molecule has 1 aliphatic rings. The number of nitrogens with zero attached hydrogens (tertiary/aromatic N) is 1. The molecule has 0 saturated heterocycles. The molecule has 0 bridgehead atoms. The standard InChI is InChI=1S/C28H26N2O5S/c31-25(32)18-30-23-14-8-7-11-20(23)15-16-22(27(30)34)29-26(33)24(17-19-9-3-1-4-10-19)36-28(35)21-12-5-2-6-13-21/h1-14,22,24H,15-18H2,(H,29,33)(H,31,32)/t22?,24-/m0/s1. The van der Waals surface area contributed by atoms with Gasteiger partial charge in [0.1, 0.15) is 12.6 Å². The molecule has 0 fully saturated rings. The highest BCUT2D eigenvalue weighted by Crippen LogP contribution is 2.28. The summed E-state index contributed by atoms with van der Waals surface area (Å²) in [4.78, 5) is 52.5. The van der Waals surface area contributed by atoms with Crippen LogP contribution in [0.25, 0.3) is 0 Å². The van der Waals surface area contributed by atoms with E-state index in [1.807, 2.05) is 48.5 Å². The summed E-state index contributed by atoms with van der Waals surface area (Å²) in [5, 5.41) is 11.2. The second-order valence-corrected chi connectivity index (χ2v) is 9.67. The molecule has 1 unspecified atom stereocenters. The number of fused-ring (bicyclic) bond motifs is 1. The Morgan fingerprint density at radius 3 is 2.28 bits per heavy atom. The van der Waals surface area contributed by atoms with E-state index >= 15 is 0 Å². The van der Waals surface area contributed by atoms with Crippen LogP contribution in [0.4, 0.5) is 5.69 Å². The van der Waals surface area contributed by atoms with E-state index < -0.39 is 35.6 Å². The maximum atomic E-state index is 13.5. The lowest BCUT2D eigenvalue weighted by molar-refractivity contribution is -0.137. The molecule has 0 radical (unpaired) electrons. The van der Waals surface area contributed by atoms with Crippen molar-refractivity contribution in [3.05, 3.63) is 102 Å². The molecule has 8 heteroatoms. The summed E-state index contributed by atoms with van der Waals surface area (Å²) in [7, 11) is 0. The van der Waals surface area contributed by atoms with Crippen LogP contribution in [0.15, 0.2) is 84.9 Å². The minimum absolute atomic E-state index is 0.237. The van der Waals surface area contributed by atoms with Crippen molar-refractivity contribution in [2.75, 3.05) is 11.4 Å². The molecule has 1 heterocycles. The number of para-hydroxylation sites is 1. The number of carbonyl (C=O) groups is 4. The van der Waals surface area contributed by atoms with Gasteiger partial charge in [0.15, 0.2) is 0 Å². The first-order valence-corrected chi connectivity index (χ1v) is 12.5. The number of nitrogens with one attached hydrogen (secondary N) is 1. The number of carboxylic acid groups (broad SMARTS) is 1. The molecule has 7 nitrogen and oxygen atoms in total. The third-order valence-corrected chi connectivity index (χ3v) is 7.09. The summed E-state index contributed by atoms with van der Waals surface area (Å²) >= 11 is 0.925. The molecule has 184 valence electrons. The van der Waals surface area contributed by atoms with Gasteiger partial charge in [-0.1, -0.05) is 90.6 Å². The zero-order valence-electron chi connectivity index (χ0n) is 19.5. The molecule has 2 atom stereocenters. The van der Waals surface area contributed by atoms with Crippen LogP contribution in [0, 0.1) is 0 Å². The van der Waals surface area contributed by atoms with Crippen molar-refractivity contribution in [1.82, 2.24) is 5.32 Å². The number of rotatable bonds is 8. The summed E-state index contributed by atoms with van der Waals surface area (Å²) in [5.41, 5.74) is 2.76. The lowest BCUT2D eigenvalue weighted by Crippen LogP contribution is -2.51. The van der Waals surface area contributed by atoms with Crippen LogP contribution < -0.4 is 10.2 Å². The van der Waals surface area contributed by atoms with Crippen LogP contribution in [0.3, 0.4) is 0 Å². The summed E-state index contributed by atoms with van der Waals surface area (Å²) in [6.07, 6.45) is 1.13. The second-order valence-electron chi connectivity index (χ2n) is 8.50. The van der Waals surface area contributed by atoms with Crippen molar-refractivity contribution in [2.24, 2.45) is 0 Å². The van der Waals surface area contributed by atoms with Gasteiger partial charge in [-0.3, -0.25) is 24.1 Å². The van der Waals surface area contributed by atoms with Crippen molar-refractivity contribution in [1.29, 1.82) is 0 Å². The average molecular weight is 503 g/mol. The summed E-state index contributed by atoms with van der Waals surface area (Å²) in [5.74, 6) is -2.06. The van der Waals surface area contributed by atoms with Crippen LogP contribution in [0.1, 0.15) is 27.9 Å². The van der Waals surface area contributed by atoms with E-state index in [-0.39, 0.29) is 5.12 Å². The van der Waals surface area contributed by atoms with E-state index in [0.717, 1.165) is 22.9 Å². The molecule has 0 aliphatic carbocycles. The first-order valence-electron chi connectivity index (χ1n) is 11.6. The Labute approximate surface area is 213 Å². The van der Waals surface area contributed by atoms with Crippen molar-refractivity contribution >= 4 is 40.3 Å². The lowest BCUT2D eigenvalue weighted by Gasteiger charge is -2.26. The van der Waals surface area contributed by atoms with Gasteiger partial charge in [0, 0.05) is 11.3 Å². The zero-order chi connectivity index (χ0) is 25.5. The second kappa shape index (κ2) is 11.7. The summed E-state index contributed by atoms with van der Waals surface area (Å²) in [6, 6.07) is 24.4. The monoisotopic (exact) mass is 502 g/mol. The van der Waals surface area contributed by atoms with E-state index in [1.54, 1.807) is 36.4 Å².